The van der Waals surface area contributed by atoms with E-state index in [1.54, 1.807) is 26.2 Å². The lowest BCUT2D eigenvalue weighted by Gasteiger charge is -2.12. The van der Waals surface area contributed by atoms with Crippen LogP contribution in [0.25, 0.3) is 5.69 Å². The molecule has 27 heavy (non-hydrogen) atoms. The average Bonchev–Trinajstić information content (AvgIpc) is 3.19. The van der Waals surface area contributed by atoms with E-state index in [0.717, 1.165) is 27.6 Å². The van der Waals surface area contributed by atoms with Gasteiger partial charge in [-0.2, -0.15) is 5.10 Å². The van der Waals surface area contributed by atoms with Gasteiger partial charge in [0.25, 0.3) is 0 Å². The van der Waals surface area contributed by atoms with Gasteiger partial charge in [0.1, 0.15) is 11.5 Å². The number of nitrogens with one attached hydrogen (secondary N) is 1. The van der Waals surface area contributed by atoms with Crippen molar-refractivity contribution in [3.63, 3.8) is 0 Å². The highest BCUT2D eigenvalue weighted by molar-refractivity contribution is 7.97. The maximum atomic E-state index is 5.47. The van der Waals surface area contributed by atoms with Gasteiger partial charge in [0.05, 0.1) is 26.1 Å². The molecule has 0 spiro atoms. The summed E-state index contributed by atoms with van der Waals surface area (Å²) in [5.74, 6) is 2.05. The second kappa shape index (κ2) is 8.97. The third-order valence-corrected chi connectivity index (χ3v) is 5.17. The molecule has 0 saturated heterocycles. The number of ether oxygens (including phenoxy) is 2. The zero-order valence-corrected chi connectivity index (χ0v) is 16.9. The lowest BCUT2D eigenvalue weighted by molar-refractivity contribution is 0.391. The molecule has 0 unspecified atom stereocenters. The number of methoxy groups -OCH3 is 2. The second-order valence-electron chi connectivity index (χ2n) is 6.44. The maximum Gasteiger partial charge on any atom is 0.127 e. The SMILES string of the molecule is COc1ccc(CNSc2ccccc2-n2cc(C(C)C)cn2)c(OC)c1. The van der Waals surface area contributed by atoms with E-state index in [1.165, 1.54) is 5.56 Å². The molecule has 1 heterocycles. The number of benzene rings is 2. The zero-order valence-electron chi connectivity index (χ0n) is 16.1. The van der Waals surface area contributed by atoms with Gasteiger partial charge in [0, 0.05) is 29.3 Å². The Morgan fingerprint density at radius 2 is 1.93 bits per heavy atom. The molecule has 0 atom stereocenters. The molecule has 0 aliphatic heterocycles. The summed E-state index contributed by atoms with van der Waals surface area (Å²) in [5, 5.41) is 4.52. The molecule has 0 bridgehead atoms. The molecule has 0 amide bonds. The maximum absolute atomic E-state index is 5.47. The number of hydrogen-bond donors (Lipinski definition) is 1. The van der Waals surface area contributed by atoms with Crippen LogP contribution < -0.4 is 14.2 Å². The van der Waals surface area contributed by atoms with Crippen LogP contribution in [0.3, 0.4) is 0 Å². The standard InChI is InChI=1S/C21H25N3O2S/c1-15(2)17-12-22-24(14-17)19-7-5-6-8-21(19)27-23-13-16-9-10-18(25-3)11-20(16)26-4/h5-12,14-15,23H,13H2,1-4H3. The largest absolute Gasteiger partial charge is 0.497 e. The van der Waals surface area contributed by atoms with E-state index in [2.05, 4.69) is 42.0 Å². The lowest BCUT2D eigenvalue weighted by atomic mass is 10.1. The Balaban J connectivity index is 1.72. The summed E-state index contributed by atoms with van der Waals surface area (Å²) >= 11 is 1.59. The lowest BCUT2D eigenvalue weighted by Crippen LogP contribution is -2.06. The monoisotopic (exact) mass is 383 g/mol. The minimum absolute atomic E-state index is 0.458. The number of hydrogen-bond acceptors (Lipinski definition) is 5. The van der Waals surface area contributed by atoms with Crippen LogP contribution in [0.4, 0.5) is 0 Å². The van der Waals surface area contributed by atoms with E-state index in [9.17, 15) is 0 Å². The van der Waals surface area contributed by atoms with Crippen LogP contribution in [0.1, 0.15) is 30.9 Å². The summed E-state index contributed by atoms with van der Waals surface area (Å²) in [7, 11) is 3.32. The van der Waals surface area contributed by atoms with Crippen molar-refractivity contribution in [2.24, 2.45) is 0 Å². The van der Waals surface area contributed by atoms with E-state index in [1.807, 2.05) is 41.2 Å². The van der Waals surface area contributed by atoms with E-state index in [-0.39, 0.29) is 0 Å². The normalized spacial score (nSPS) is 11.0. The first-order valence-electron chi connectivity index (χ1n) is 8.87. The zero-order chi connectivity index (χ0) is 19.2. The van der Waals surface area contributed by atoms with Crippen molar-refractivity contribution >= 4 is 11.9 Å². The second-order valence-corrected chi connectivity index (χ2v) is 7.37. The molecule has 2 aromatic carbocycles. The molecule has 0 radical (unpaired) electrons. The van der Waals surface area contributed by atoms with Gasteiger partial charge in [-0.3, -0.25) is 4.72 Å². The van der Waals surface area contributed by atoms with E-state index < -0.39 is 0 Å². The van der Waals surface area contributed by atoms with Crippen molar-refractivity contribution in [3.05, 3.63) is 66.0 Å². The molecule has 0 aliphatic carbocycles. The molecule has 1 aromatic heterocycles. The molecule has 0 fully saturated rings. The predicted molar refractivity (Wildman–Crippen MR) is 110 cm³/mol. The first-order chi connectivity index (χ1) is 13.1. The first-order valence-corrected chi connectivity index (χ1v) is 9.68. The van der Waals surface area contributed by atoms with Gasteiger partial charge in [-0.15, -0.1) is 0 Å². The van der Waals surface area contributed by atoms with Crippen molar-refractivity contribution < 1.29 is 9.47 Å². The summed E-state index contributed by atoms with van der Waals surface area (Å²) in [6.45, 7) is 5.01. The molecule has 3 aromatic rings. The molecular formula is C21H25N3O2S. The van der Waals surface area contributed by atoms with Crippen molar-refractivity contribution in [1.29, 1.82) is 0 Å². The predicted octanol–water partition coefficient (Wildman–Crippen LogP) is 4.81. The highest BCUT2D eigenvalue weighted by Crippen LogP contribution is 2.28. The average molecular weight is 384 g/mol. The summed E-state index contributed by atoms with van der Waals surface area (Å²) in [5.41, 5.74) is 3.36. The molecule has 3 rings (SSSR count). The Labute approximate surface area is 164 Å². The van der Waals surface area contributed by atoms with Crippen molar-refractivity contribution in [3.8, 4) is 17.2 Å². The van der Waals surface area contributed by atoms with Gasteiger partial charge in [0.2, 0.25) is 0 Å². The van der Waals surface area contributed by atoms with Crippen LogP contribution in [0.5, 0.6) is 11.5 Å². The Morgan fingerprint density at radius 1 is 1.11 bits per heavy atom. The summed E-state index contributed by atoms with van der Waals surface area (Å²) < 4.78 is 16.1. The van der Waals surface area contributed by atoms with Gasteiger partial charge >= 0.3 is 0 Å². The first kappa shape index (κ1) is 19.3. The van der Waals surface area contributed by atoms with Crippen molar-refractivity contribution in [1.82, 2.24) is 14.5 Å². The van der Waals surface area contributed by atoms with Gasteiger partial charge in [-0.05, 0) is 41.6 Å². The molecule has 142 valence electrons. The van der Waals surface area contributed by atoms with Crippen molar-refractivity contribution in [2.75, 3.05) is 14.2 Å². The topological polar surface area (TPSA) is 48.3 Å². The minimum atomic E-state index is 0.458. The fourth-order valence-electron chi connectivity index (χ4n) is 2.69. The highest BCUT2D eigenvalue weighted by atomic mass is 32.2. The number of aromatic nitrogens is 2. The highest BCUT2D eigenvalue weighted by Gasteiger charge is 2.10. The van der Waals surface area contributed by atoms with Gasteiger partial charge in [-0.1, -0.05) is 32.0 Å². The quantitative estimate of drug-likeness (QED) is 0.566. The Kier molecular flexibility index (Phi) is 6.42. The summed E-state index contributed by atoms with van der Waals surface area (Å²) in [6, 6.07) is 14.1. The van der Waals surface area contributed by atoms with Crippen LogP contribution in [0.2, 0.25) is 0 Å². The van der Waals surface area contributed by atoms with Crippen LogP contribution in [0.15, 0.2) is 59.8 Å². The van der Waals surface area contributed by atoms with Gasteiger partial charge in [0.15, 0.2) is 0 Å². The molecule has 0 saturated carbocycles. The fraction of sp³-hybridized carbons (Fsp3) is 0.286. The molecule has 6 heteroatoms. The van der Waals surface area contributed by atoms with Crippen LogP contribution >= 0.6 is 11.9 Å². The smallest absolute Gasteiger partial charge is 0.127 e. The molecular weight excluding hydrogens is 358 g/mol. The van der Waals surface area contributed by atoms with E-state index in [4.69, 9.17) is 9.47 Å². The molecule has 0 aliphatic rings. The minimum Gasteiger partial charge on any atom is -0.497 e. The number of para-hydroxylation sites is 1. The van der Waals surface area contributed by atoms with E-state index >= 15 is 0 Å². The van der Waals surface area contributed by atoms with Crippen LogP contribution in [-0.4, -0.2) is 24.0 Å². The summed E-state index contributed by atoms with van der Waals surface area (Å²) in [4.78, 5) is 1.11. The molecule has 1 N–H and O–H groups in total. The third kappa shape index (κ3) is 4.64. The third-order valence-electron chi connectivity index (χ3n) is 4.32. The Morgan fingerprint density at radius 3 is 2.63 bits per heavy atom. The number of nitrogens with zero attached hydrogens (tertiary/aromatic N) is 2. The summed E-state index contributed by atoms with van der Waals surface area (Å²) in [6.07, 6.45) is 4.03. The fourth-order valence-corrected chi connectivity index (χ4v) is 3.48. The van der Waals surface area contributed by atoms with Gasteiger partial charge in [-0.25, -0.2) is 4.68 Å². The Hall–Kier alpha value is -2.44. The molecule has 5 nitrogen and oxygen atoms in total. The van der Waals surface area contributed by atoms with Crippen LogP contribution in [0, 0.1) is 0 Å². The van der Waals surface area contributed by atoms with Gasteiger partial charge < -0.3 is 9.47 Å². The number of rotatable bonds is 8. The van der Waals surface area contributed by atoms with Crippen molar-refractivity contribution in [2.45, 2.75) is 31.2 Å². The van der Waals surface area contributed by atoms with E-state index in [0.29, 0.717) is 12.5 Å². The Bertz CT molecular complexity index is 893. The van der Waals surface area contributed by atoms with Crippen LogP contribution in [-0.2, 0) is 6.54 Å².